The molecule has 152 valence electrons. The minimum absolute atomic E-state index is 0. The Balaban J connectivity index is 0.00000392. The Morgan fingerprint density at radius 3 is 2.61 bits per heavy atom. The molecule has 1 aromatic heterocycles. The molecule has 1 aromatic carbocycles. The Hall–Kier alpha value is -2.56. The number of carbonyl (C=O) groups is 2. The number of aliphatic imine (C=N–C) groups is 1. The number of primary amides is 1. The molecular formula is C19H26IN5O3. The third kappa shape index (κ3) is 7.22. The Kier molecular flexibility index (Phi) is 10.1. The summed E-state index contributed by atoms with van der Waals surface area (Å²) in [4.78, 5) is 27.2. The SMILES string of the molecule is CCNC(=NCc1ccc(C(N)=O)o1)NCCc1cccc(C(=O)NC)c1.I. The third-order valence-corrected chi connectivity index (χ3v) is 3.76. The molecule has 0 aliphatic rings. The number of nitrogens with two attached hydrogens (primary N) is 1. The maximum atomic E-state index is 11.7. The van der Waals surface area contributed by atoms with Crippen LogP contribution in [0.3, 0.4) is 0 Å². The second kappa shape index (κ2) is 12.0. The number of carbonyl (C=O) groups excluding carboxylic acids is 2. The minimum atomic E-state index is -0.603. The van der Waals surface area contributed by atoms with Crippen molar-refractivity contribution in [3.8, 4) is 0 Å². The number of benzene rings is 1. The van der Waals surface area contributed by atoms with Gasteiger partial charge in [0.1, 0.15) is 12.3 Å². The highest BCUT2D eigenvalue weighted by atomic mass is 127. The van der Waals surface area contributed by atoms with Gasteiger partial charge in [0.15, 0.2) is 11.7 Å². The van der Waals surface area contributed by atoms with Crippen molar-refractivity contribution in [1.82, 2.24) is 16.0 Å². The summed E-state index contributed by atoms with van der Waals surface area (Å²) in [6.07, 6.45) is 0.738. The molecule has 0 aliphatic carbocycles. The Morgan fingerprint density at radius 2 is 1.96 bits per heavy atom. The second-order valence-corrected chi connectivity index (χ2v) is 5.78. The van der Waals surface area contributed by atoms with Gasteiger partial charge in [-0.2, -0.15) is 0 Å². The van der Waals surface area contributed by atoms with E-state index < -0.39 is 5.91 Å². The van der Waals surface area contributed by atoms with Gasteiger partial charge in [-0.05, 0) is 43.2 Å². The van der Waals surface area contributed by atoms with Gasteiger partial charge in [-0.25, -0.2) is 4.99 Å². The topological polar surface area (TPSA) is 122 Å². The number of guanidine groups is 1. The van der Waals surface area contributed by atoms with E-state index in [4.69, 9.17) is 10.2 Å². The molecule has 0 saturated carbocycles. The van der Waals surface area contributed by atoms with Crippen LogP contribution in [0.15, 0.2) is 45.8 Å². The summed E-state index contributed by atoms with van der Waals surface area (Å²) in [7, 11) is 1.61. The van der Waals surface area contributed by atoms with Crippen molar-refractivity contribution in [3.05, 3.63) is 59.0 Å². The van der Waals surface area contributed by atoms with Crippen LogP contribution in [0.1, 0.15) is 39.2 Å². The van der Waals surface area contributed by atoms with E-state index in [9.17, 15) is 9.59 Å². The first-order valence-electron chi connectivity index (χ1n) is 8.75. The highest BCUT2D eigenvalue weighted by Gasteiger charge is 2.07. The number of amides is 2. The van der Waals surface area contributed by atoms with Crippen molar-refractivity contribution in [2.24, 2.45) is 10.7 Å². The number of rotatable bonds is 8. The summed E-state index contributed by atoms with van der Waals surface area (Å²) >= 11 is 0. The fourth-order valence-electron chi connectivity index (χ4n) is 2.43. The van der Waals surface area contributed by atoms with E-state index in [2.05, 4.69) is 20.9 Å². The fraction of sp³-hybridized carbons (Fsp3) is 0.316. The molecule has 2 amide bonds. The molecule has 2 rings (SSSR count). The van der Waals surface area contributed by atoms with E-state index >= 15 is 0 Å². The van der Waals surface area contributed by atoms with Crippen molar-refractivity contribution >= 4 is 41.8 Å². The van der Waals surface area contributed by atoms with Gasteiger partial charge in [-0.1, -0.05) is 12.1 Å². The lowest BCUT2D eigenvalue weighted by molar-refractivity contribution is 0.0958. The number of halogens is 1. The molecule has 0 spiro atoms. The van der Waals surface area contributed by atoms with Crippen molar-refractivity contribution in [1.29, 1.82) is 0 Å². The Labute approximate surface area is 181 Å². The van der Waals surface area contributed by atoms with E-state index in [1.165, 1.54) is 6.07 Å². The lowest BCUT2D eigenvalue weighted by atomic mass is 10.1. The third-order valence-electron chi connectivity index (χ3n) is 3.76. The van der Waals surface area contributed by atoms with Crippen molar-refractivity contribution in [3.63, 3.8) is 0 Å². The lowest BCUT2D eigenvalue weighted by Crippen LogP contribution is -2.38. The molecule has 0 unspecified atom stereocenters. The molecule has 0 fully saturated rings. The quantitative estimate of drug-likeness (QED) is 0.250. The van der Waals surface area contributed by atoms with Crippen LogP contribution in [0.4, 0.5) is 0 Å². The second-order valence-electron chi connectivity index (χ2n) is 5.78. The van der Waals surface area contributed by atoms with Gasteiger partial charge in [-0.15, -0.1) is 24.0 Å². The molecule has 8 nitrogen and oxygen atoms in total. The van der Waals surface area contributed by atoms with Gasteiger partial charge in [0.25, 0.3) is 11.8 Å². The first kappa shape index (κ1) is 23.5. The lowest BCUT2D eigenvalue weighted by Gasteiger charge is -2.11. The summed E-state index contributed by atoms with van der Waals surface area (Å²) in [6, 6.07) is 10.7. The summed E-state index contributed by atoms with van der Waals surface area (Å²) in [5, 5.41) is 9.00. The molecule has 0 bridgehead atoms. The molecule has 0 saturated heterocycles. The minimum Gasteiger partial charge on any atom is -0.454 e. The van der Waals surface area contributed by atoms with Gasteiger partial charge in [0.2, 0.25) is 0 Å². The van der Waals surface area contributed by atoms with Crippen LogP contribution < -0.4 is 21.7 Å². The van der Waals surface area contributed by atoms with Gasteiger partial charge >= 0.3 is 0 Å². The smallest absolute Gasteiger partial charge is 0.284 e. The number of hydrogen-bond acceptors (Lipinski definition) is 4. The highest BCUT2D eigenvalue weighted by Crippen LogP contribution is 2.08. The predicted octanol–water partition coefficient (Wildman–Crippen LogP) is 1.65. The molecule has 2 aromatic rings. The zero-order valence-corrected chi connectivity index (χ0v) is 18.3. The Morgan fingerprint density at radius 1 is 1.18 bits per heavy atom. The van der Waals surface area contributed by atoms with Crippen LogP contribution in [0.25, 0.3) is 0 Å². The van der Waals surface area contributed by atoms with E-state index in [-0.39, 0.29) is 42.2 Å². The van der Waals surface area contributed by atoms with Crippen LogP contribution in [0.2, 0.25) is 0 Å². The van der Waals surface area contributed by atoms with Crippen molar-refractivity contribution < 1.29 is 14.0 Å². The van der Waals surface area contributed by atoms with Crippen molar-refractivity contribution in [2.75, 3.05) is 20.1 Å². The molecule has 28 heavy (non-hydrogen) atoms. The monoisotopic (exact) mass is 499 g/mol. The van der Waals surface area contributed by atoms with Crippen LogP contribution in [0, 0.1) is 0 Å². The standard InChI is InChI=1S/C19H25N5O3.HI/c1-3-22-19(24-12-15-7-8-16(27-15)17(20)25)23-10-9-13-5-4-6-14(11-13)18(26)21-2;/h4-8,11H,3,9-10,12H2,1-2H3,(H2,20,25)(H,21,26)(H2,22,23,24);1H. The molecule has 0 radical (unpaired) electrons. The van der Waals surface area contributed by atoms with E-state index in [0.717, 1.165) is 12.0 Å². The van der Waals surface area contributed by atoms with Crippen LogP contribution in [-0.2, 0) is 13.0 Å². The average molecular weight is 499 g/mol. The van der Waals surface area contributed by atoms with Crippen LogP contribution in [0.5, 0.6) is 0 Å². The highest BCUT2D eigenvalue weighted by molar-refractivity contribution is 14.0. The van der Waals surface area contributed by atoms with Crippen LogP contribution in [-0.4, -0.2) is 37.9 Å². The fourth-order valence-corrected chi connectivity index (χ4v) is 2.43. The number of nitrogens with one attached hydrogen (secondary N) is 3. The first-order valence-corrected chi connectivity index (χ1v) is 8.75. The van der Waals surface area contributed by atoms with Gasteiger partial charge in [0.05, 0.1) is 0 Å². The summed E-state index contributed by atoms with van der Waals surface area (Å²) in [5.41, 5.74) is 6.86. The summed E-state index contributed by atoms with van der Waals surface area (Å²) in [6.45, 7) is 3.62. The molecule has 5 N–H and O–H groups in total. The zero-order chi connectivity index (χ0) is 19.6. The van der Waals surface area contributed by atoms with Crippen LogP contribution >= 0.6 is 24.0 Å². The molecule has 0 atom stereocenters. The van der Waals surface area contributed by atoms with Gasteiger partial charge in [0, 0.05) is 25.7 Å². The molecule has 1 heterocycles. The molecular weight excluding hydrogens is 473 g/mol. The molecule has 9 heteroatoms. The van der Waals surface area contributed by atoms with Crippen molar-refractivity contribution in [2.45, 2.75) is 19.9 Å². The summed E-state index contributed by atoms with van der Waals surface area (Å²) < 4.78 is 5.32. The number of hydrogen-bond donors (Lipinski definition) is 4. The van der Waals surface area contributed by atoms with E-state index in [1.54, 1.807) is 19.2 Å². The first-order chi connectivity index (χ1) is 13.0. The predicted molar refractivity (Wildman–Crippen MR) is 119 cm³/mol. The normalized spacial score (nSPS) is 10.7. The largest absolute Gasteiger partial charge is 0.454 e. The number of nitrogens with zero attached hydrogens (tertiary/aromatic N) is 1. The van der Waals surface area contributed by atoms with E-state index in [1.807, 2.05) is 25.1 Å². The Bertz CT molecular complexity index is 819. The number of furan rings is 1. The maximum Gasteiger partial charge on any atom is 0.284 e. The molecule has 0 aliphatic heterocycles. The maximum absolute atomic E-state index is 11.7. The van der Waals surface area contributed by atoms with Gasteiger partial charge < -0.3 is 26.1 Å². The van der Waals surface area contributed by atoms with E-state index in [0.29, 0.717) is 30.4 Å². The zero-order valence-electron chi connectivity index (χ0n) is 16.0. The summed E-state index contributed by atoms with van der Waals surface area (Å²) in [5.74, 6) is 0.605. The van der Waals surface area contributed by atoms with Gasteiger partial charge in [-0.3, -0.25) is 9.59 Å². The average Bonchev–Trinajstić information content (AvgIpc) is 3.15.